The Morgan fingerprint density at radius 3 is 2.62 bits per heavy atom. The molecule has 2 N–H and O–H groups in total. The Labute approximate surface area is 147 Å². The van der Waals surface area contributed by atoms with Gasteiger partial charge in [0.1, 0.15) is 0 Å². The first-order chi connectivity index (χ1) is 9.54. The number of methoxy groups -OCH3 is 1. The lowest BCUT2D eigenvalue weighted by Crippen LogP contribution is -2.56. The molecule has 0 bridgehead atoms. The van der Waals surface area contributed by atoms with Gasteiger partial charge in [-0.2, -0.15) is 0 Å². The van der Waals surface area contributed by atoms with Crippen LogP contribution in [-0.4, -0.2) is 64.3 Å². The summed E-state index contributed by atoms with van der Waals surface area (Å²) in [6, 6.07) is 0. The van der Waals surface area contributed by atoms with Crippen molar-refractivity contribution in [2.45, 2.75) is 38.1 Å². The summed E-state index contributed by atoms with van der Waals surface area (Å²) < 4.78 is 5.05. The number of ether oxygens (including phenoxy) is 1. The van der Waals surface area contributed by atoms with E-state index in [0.717, 1.165) is 25.0 Å². The predicted molar refractivity (Wildman–Crippen MR) is 101 cm³/mol. The van der Waals surface area contributed by atoms with Crippen LogP contribution in [0.25, 0.3) is 0 Å². The van der Waals surface area contributed by atoms with Gasteiger partial charge in [0, 0.05) is 32.8 Å². The van der Waals surface area contributed by atoms with Crippen molar-refractivity contribution >= 4 is 29.9 Å². The third-order valence-electron chi connectivity index (χ3n) is 4.42. The minimum atomic E-state index is 0. The summed E-state index contributed by atoms with van der Waals surface area (Å²) in [5.41, 5.74) is 0.247. The number of halogens is 1. The zero-order valence-corrected chi connectivity index (χ0v) is 16.6. The van der Waals surface area contributed by atoms with E-state index >= 15 is 0 Å². The molecule has 1 aliphatic rings. The van der Waals surface area contributed by atoms with E-state index in [-0.39, 0.29) is 29.5 Å². The van der Waals surface area contributed by atoms with E-state index in [1.54, 1.807) is 7.11 Å². The molecule has 126 valence electrons. The van der Waals surface area contributed by atoms with Crippen LogP contribution in [0.2, 0.25) is 0 Å². The van der Waals surface area contributed by atoms with Gasteiger partial charge in [-0.25, -0.2) is 0 Å². The van der Waals surface area contributed by atoms with Gasteiger partial charge in [0.05, 0.1) is 6.61 Å². The number of guanidine groups is 1. The van der Waals surface area contributed by atoms with Crippen molar-refractivity contribution in [2.75, 3.05) is 47.9 Å². The van der Waals surface area contributed by atoms with E-state index < -0.39 is 0 Å². The second-order valence-electron chi connectivity index (χ2n) is 6.17. The molecule has 1 fully saturated rings. The predicted octanol–water partition coefficient (Wildman–Crippen LogP) is 1.93. The van der Waals surface area contributed by atoms with E-state index in [0.29, 0.717) is 6.61 Å². The third kappa shape index (κ3) is 6.69. The average molecular weight is 412 g/mol. The Morgan fingerprint density at radius 2 is 2.10 bits per heavy atom. The zero-order valence-electron chi connectivity index (χ0n) is 14.2. The minimum absolute atomic E-state index is 0. The lowest BCUT2D eigenvalue weighted by Gasteiger charge is -2.45. The van der Waals surface area contributed by atoms with Crippen LogP contribution in [0.1, 0.15) is 32.6 Å². The van der Waals surface area contributed by atoms with Crippen molar-refractivity contribution < 1.29 is 4.74 Å². The van der Waals surface area contributed by atoms with E-state index in [1.807, 2.05) is 7.05 Å². The molecule has 1 aliphatic carbocycles. The van der Waals surface area contributed by atoms with E-state index in [1.165, 1.54) is 25.7 Å². The topological polar surface area (TPSA) is 48.9 Å². The Morgan fingerprint density at radius 1 is 1.38 bits per heavy atom. The normalized spacial score (nSPS) is 26.4. The SMILES string of the molecule is CN=C(NCCOC)NCC1(N(C)C)CCCC(C)C1.I. The number of nitrogens with one attached hydrogen (secondary N) is 2. The summed E-state index contributed by atoms with van der Waals surface area (Å²) >= 11 is 0. The van der Waals surface area contributed by atoms with Crippen molar-refractivity contribution in [3.63, 3.8) is 0 Å². The molecule has 0 spiro atoms. The quantitative estimate of drug-likeness (QED) is 0.303. The fraction of sp³-hybridized carbons (Fsp3) is 0.933. The van der Waals surface area contributed by atoms with E-state index in [4.69, 9.17) is 4.74 Å². The molecule has 0 radical (unpaired) electrons. The molecule has 6 heteroatoms. The number of rotatable bonds is 6. The maximum atomic E-state index is 5.05. The van der Waals surface area contributed by atoms with E-state index in [9.17, 15) is 0 Å². The first-order valence-electron chi connectivity index (χ1n) is 7.65. The molecule has 0 amide bonds. The van der Waals surface area contributed by atoms with Crippen LogP contribution in [0.15, 0.2) is 4.99 Å². The number of nitrogens with zero attached hydrogens (tertiary/aromatic N) is 2. The van der Waals surface area contributed by atoms with E-state index in [2.05, 4.69) is 41.5 Å². The van der Waals surface area contributed by atoms with Crippen molar-refractivity contribution in [3.8, 4) is 0 Å². The van der Waals surface area contributed by atoms with Gasteiger partial charge in [-0.1, -0.05) is 19.8 Å². The van der Waals surface area contributed by atoms with Crippen LogP contribution in [0.5, 0.6) is 0 Å². The first-order valence-corrected chi connectivity index (χ1v) is 7.65. The van der Waals surface area contributed by atoms with Gasteiger partial charge in [0.25, 0.3) is 0 Å². The molecule has 0 aromatic carbocycles. The second-order valence-corrected chi connectivity index (χ2v) is 6.17. The van der Waals surface area contributed by atoms with Crippen LogP contribution in [0.3, 0.4) is 0 Å². The summed E-state index contributed by atoms with van der Waals surface area (Å²) in [6.45, 7) is 4.78. The second kappa shape index (κ2) is 10.6. The highest BCUT2D eigenvalue weighted by atomic mass is 127. The monoisotopic (exact) mass is 412 g/mol. The number of hydrogen-bond donors (Lipinski definition) is 2. The number of aliphatic imine (C=N–C) groups is 1. The lowest BCUT2D eigenvalue weighted by atomic mass is 9.75. The van der Waals surface area contributed by atoms with Crippen molar-refractivity contribution in [2.24, 2.45) is 10.9 Å². The van der Waals surface area contributed by atoms with Crippen LogP contribution in [0.4, 0.5) is 0 Å². The summed E-state index contributed by atoms with van der Waals surface area (Å²) in [7, 11) is 7.91. The minimum Gasteiger partial charge on any atom is -0.383 e. The highest BCUT2D eigenvalue weighted by molar-refractivity contribution is 14.0. The van der Waals surface area contributed by atoms with Crippen LogP contribution in [-0.2, 0) is 4.74 Å². The Balaban J connectivity index is 0.00000400. The Kier molecular flexibility index (Phi) is 10.6. The molecule has 2 atom stereocenters. The molecule has 0 aromatic heterocycles. The molecule has 1 saturated carbocycles. The van der Waals surface area contributed by atoms with Gasteiger partial charge < -0.3 is 20.3 Å². The summed E-state index contributed by atoms with van der Waals surface area (Å²) in [4.78, 5) is 6.66. The summed E-state index contributed by atoms with van der Waals surface area (Å²) in [5.74, 6) is 1.66. The standard InChI is InChI=1S/C15H32N4O.HI/c1-13-7-6-8-15(11-13,19(3)4)12-18-14(16-2)17-9-10-20-5;/h13H,6-12H2,1-5H3,(H2,16,17,18);1H. The van der Waals surface area contributed by atoms with Crippen LogP contribution >= 0.6 is 24.0 Å². The van der Waals surface area contributed by atoms with Gasteiger partial charge in [-0.15, -0.1) is 24.0 Å². The smallest absolute Gasteiger partial charge is 0.191 e. The molecular formula is C15H33IN4O. The van der Waals surface area contributed by atoms with Crippen molar-refractivity contribution in [1.82, 2.24) is 15.5 Å². The van der Waals surface area contributed by atoms with Crippen LogP contribution in [0, 0.1) is 5.92 Å². The fourth-order valence-corrected chi connectivity index (χ4v) is 3.10. The molecule has 2 unspecified atom stereocenters. The molecular weight excluding hydrogens is 379 g/mol. The summed E-state index contributed by atoms with van der Waals surface area (Å²) in [6.07, 6.45) is 5.18. The van der Waals surface area contributed by atoms with Crippen molar-refractivity contribution in [3.05, 3.63) is 0 Å². The van der Waals surface area contributed by atoms with Gasteiger partial charge in [0.2, 0.25) is 0 Å². The molecule has 5 nitrogen and oxygen atoms in total. The van der Waals surface area contributed by atoms with Gasteiger partial charge in [-0.05, 0) is 32.9 Å². The molecule has 1 rings (SSSR count). The maximum absolute atomic E-state index is 5.05. The van der Waals surface area contributed by atoms with Gasteiger partial charge in [0.15, 0.2) is 5.96 Å². The van der Waals surface area contributed by atoms with Crippen molar-refractivity contribution in [1.29, 1.82) is 0 Å². The number of likely N-dealkylation sites (N-methyl/N-ethyl adjacent to an activating group) is 1. The highest BCUT2D eigenvalue weighted by Gasteiger charge is 2.36. The first kappa shape index (κ1) is 20.9. The number of hydrogen-bond acceptors (Lipinski definition) is 3. The highest BCUT2D eigenvalue weighted by Crippen LogP contribution is 2.35. The van der Waals surface area contributed by atoms with Crippen LogP contribution < -0.4 is 10.6 Å². The molecule has 0 heterocycles. The Hall–Kier alpha value is -0.0800. The van der Waals surface area contributed by atoms with Gasteiger partial charge >= 0.3 is 0 Å². The average Bonchev–Trinajstić information content (AvgIpc) is 2.42. The third-order valence-corrected chi connectivity index (χ3v) is 4.42. The summed E-state index contributed by atoms with van der Waals surface area (Å²) in [5, 5.41) is 6.76. The van der Waals surface area contributed by atoms with Gasteiger partial charge in [-0.3, -0.25) is 4.99 Å². The fourth-order valence-electron chi connectivity index (χ4n) is 3.10. The zero-order chi connectivity index (χ0) is 15.0. The maximum Gasteiger partial charge on any atom is 0.191 e. The molecule has 21 heavy (non-hydrogen) atoms. The lowest BCUT2D eigenvalue weighted by molar-refractivity contribution is 0.0795. The molecule has 0 aromatic rings. The molecule has 0 aliphatic heterocycles. The largest absolute Gasteiger partial charge is 0.383 e. The molecule has 0 saturated heterocycles. The Bertz CT molecular complexity index is 312.